The number of nitrogens with zero attached hydrogens (tertiary/aromatic N) is 1. The lowest BCUT2D eigenvalue weighted by Crippen LogP contribution is -2.27. The Kier molecular flexibility index (Phi) is 5.79. The minimum Gasteiger partial charge on any atom is -0.399 e. The fraction of sp³-hybridized carbons (Fsp3) is 0.238. The predicted octanol–water partition coefficient (Wildman–Crippen LogP) is 5.41. The summed E-state index contributed by atoms with van der Waals surface area (Å²) in [5.41, 5.74) is 10.5. The second-order valence-electron chi connectivity index (χ2n) is 6.36. The van der Waals surface area contributed by atoms with Crippen LogP contribution >= 0.6 is 24.0 Å². The molecule has 0 aliphatic carbocycles. The van der Waals surface area contributed by atoms with Crippen LogP contribution in [-0.4, -0.2) is 10.2 Å². The van der Waals surface area contributed by atoms with Crippen molar-refractivity contribution in [1.29, 1.82) is 0 Å². The van der Waals surface area contributed by atoms with E-state index in [1.165, 1.54) is 30.2 Å². The highest BCUT2D eigenvalue weighted by atomic mass is 32.2. The van der Waals surface area contributed by atoms with Crippen molar-refractivity contribution in [2.45, 2.75) is 33.1 Å². The maximum absolute atomic E-state index is 13.0. The van der Waals surface area contributed by atoms with E-state index in [1.807, 2.05) is 43.3 Å². The van der Waals surface area contributed by atoms with Gasteiger partial charge in [-0.1, -0.05) is 61.6 Å². The van der Waals surface area contributed by atoms with E-state index in [2.05, 4.69) is 19.1 Å². The van der Waals surface area contributed by atoms with Gasteiger partial charge in [0, 0.05) is 5.69 Å². The van der Waals surface area contributed by atoms with Gasteiger partial charge in [0.25, 0.3) is 5.91 Å². The van der Waals surface area contributed by atoms with E-state index in [0.29, 0.717) is 14.9 Å². The molecule has 0 saturated carbocycles. The van der Waals surface area contributed by atoms with Crippen molar-refractivity contribution in [3.8, 4) is 0 Å². The smallest absolute Gasteiger partial charge is 0.271 e. The minimum atomic E-state index is -0.0683. The van der Waals surface area contributed by atoms with Crippen molar-refractivity contribution in [1.82, 2.24) is 0 Å². The van der Waals surface area contributed by atoms with Crippen LogP contribution in [0.2, 0.25) is 0 Å². The fourth-order valence-electron chi connectivity index (χ4n) is 2.92. The zero-order valence-corrected chi connectivity index (χ0v) is 16.6. The summed E-state index contributed by atoms with van der Waals surface area (Å²) in [6.07, 6.45) is 3.40. The number of rotatable bonds is 5. The number of nitrogen functional groups attached to an aromatic ring is 1. The van der Waals surface area contributed by atoms with Crippen molar-refractivity contribution in [3.05, 3.63) is 64.6 Å². The molecule has 1 amide bonds. The topological polar surface area (TPSA) is 46.3 Å². The molecule has 1 aliphatic heterocycles. The standard InChI is InChI=1S/C21H22N2OS2/c1-3-4-6-15-9-11-18(12-10-15)23-20(24)19(26-21(23)25)14(2)16-7-5-8-17(22)13-16/h5,7-13H,3-4,6,22H2,1-2H3/b19-14-. The van der Waals surface area contributed by atoms with Crippen LogP contribution in [-0.2, 0) is 11.2 Å². The monoisotopic (exact) mass is 382 g/mol. The molecule has 5 heteroatoms. The van der Waals surface area contributed by atoms with Gasteiger partial charge in [-0.3, -0.25) is 9.69 Å². The Labute approximate surface area is 164 Å². The van der Waals surface area contributed by atoms with Crippen molar-refractivity contribution in [2.75, 3.05) is 10.6 Å². The van der Waals surface area contributed by atoms with Crippen LogP contribution in [0, 0.1) is 0 Å². The molecule has 0 atom stereocenters. The average Bonchev–Trinajstić information content (AvgIpc) is 2.94. The van der Waals surface area contributed by atoms with Crippen LogP contribution in [0.3, 0.4) is 0 Å². The Balaban J connectivity index is 1.88. The number of hydrogen-bond donors (Lipinski definition) is 1. The molecule has 0 aromatic heterocycles. The van der Waals surface area contributed by atoms with Crippen LogP contribution in [0.1, 0.15) is 37.8 Å². The van der Waals surface area contributed by atoms with Crippen LogP contribution in [0.25, 0.3) is 5.57 Å². The van der Waals surface area contributed by atoms with Crippen molar-refractivity contribution in [2.24, 2.45) is 0 Å². The molecule has 1 aliphatic rings. The Morgan fingerprint density at radius 2 is 1.92 bits per heavy atom. The Morgan fingerprint density at radius 3 is 2.58 bits per heavy atom. The first-order valence-corrected chi connectivity index (χ1v) is 9.95. The van der Waals surface area contributed by atoms with Gasteiger partial charge in [0.05, 0.1) is 10.6 Å². The average molecular weight is 383 g/mol. The molecule has 134 valence electrons. The number of anilines is 2. The molecule has 1 saturated heterocycles. The lowest BCUT2D eigenvalue weighted by molar-refractivity contribution is -0.113. The molecular formula is C21H22N2OS2. The van der Waals surface area contributed by atoms with Crippen LogP contribution < -0.4 is 10.6 Å². The Hall–Kier alpha value is -2.11. The Bertz CT molecular complexity index is 872. The molecule has 0 bridgehead atoms. The first-order chi connectivity index (χ1) is 12.5. The van der Waals surface area contributed by atoms with Gasteiger partial charge in [-0.2, -0.15) is 0 Å². The van der Waals surface area contributed by atoms with E-state index in [-0.39, 0.29) is 5.91 Å². The van der Waals surface area contributed by atoms with E-state index < -0.39 is 0 Å². The van der Waals surface area contributed by atoms with Crippen LogP contribution in [0.15, 0.2) is 53.4 Å². The Morgan fingerprint density at radius 1 is 1.19 bits per heavy atom. The van der Waals surface area contributed by atoms with Gasteiger partial charge in [-0.15, -0.1) is 0 Å². The number of thiocarbonyl (C=S) groups is 1. The maximum atomic E-state index is 13.0. The zero-order chi connectivity index (χ0) is 18.7. The van der Waals surface area contributed by atoms with Crippen LogP contribution in [0.5, 0.6) is 0 Å². The molecule has 0 radical (unpaired) electrons. The summed E-state index contributed by atoms with van der Waals surface area (Å²) in [6.45, 7) is 4.12. The first-order valence-electron chi connectivity index (χ1n) is 8.73. The van der Waals surface area contributed by atoms with Crippen molar-refractivity contribution >= 4 is 51.2 Å². The summed E-state index contributed by atoms with van der Waals surface area (Å²) in [5.74, 6) is -0.0683. The van der Waals surface area contributed by atoms with Gasteiger partial charge < -0.3 is 5.73 Å². The number of allylic oxidation sites excluding steroid dienone is 1. The van der Waals surface area contributed by atoms with E-state index in [1.54, 1.807) is 4.90 Å². The number of unbranched alkanes of at least 4 members (excludes halogenated alkanes) is 1. The number of aryl methyl sites for hydroxylation is 1. The van der Waals surface area contributed by atoms with E-state index in [9.17, 15) is 4.79 Å². The largest absolute Gasteiger partial charge is 0.399 e. The molecule has 2 aromatic carbocycles. The van der Waals surface area contributed by atoms with Crippen molar-refractivity contribution < 1.29 is 4.79 Å². The SMILES string of the molecule is CCCCc1ccc(N2C(=O)/C(=C(\C)c3cccc(N)c3)SC2=S)cc1. The highest BCUT2D eigenvalue weighted by Gasteiger charge is 2.34. The number of amides is 1. The van der Waals surface area contributed by atoms with E-state index >= 15 is 0 Å². The van der Waals surface area contributed by atoms with Gasteiger partial charge in [0.15, 0.2) is 4.32 Å². The zero-order valence-electron chi connectivity index (χ0n) is 15.0. The summed E-state index contributed by atoms with van der Waals surface area (Å²) in [5, 5.41) is 0. The number of carbonyl (C=O) groups is 1. The molecular weight excluding hydrogens is 360 g/mol. The molecule has 2 N–H and O–H groups in total. The molecule has 2 aromatic rings. The second kappa shape index (κ2) is 8.06. The summed E-state index contributed by atoms with van der Waals surface area (Å²) >= 11 is 6.83. The van der Waals surface area contributed by atoms with Crippen molar-refractivity contribution in [3.63, 3.8) is 0 Å². The van der Waals surface area contributed by atoms with Crippen LogP contribution in [0.4, 0.5) is 11.4 Å². The lowest BCUT2D eigenvalue weighted by Gasteiger charge is -2.15. The van der Waals surface area contributed by atoms with Gasteiger partial charge in [-0.25, -0.2) is 0 Å². The first kappa shape index (κ1) is 18.7. The lowest BCUT2D eigenvalue weighted by atomic mass is 10.1. The number of benzene rings is 2. The summed E-state index contributed by atoms with van der Waals surface area (Å²) in [4.78, 5) is 15.3. The molecule has 1 heterocycles. The third kappa shape index (κ3) is 3.84. The number of carbonyl (C=O) groups excluding carboxylic acids is 1. The molecule has 1 fully saturated rings. The molecule has 26 heavy (non-hydrogen) atoms. The maximum Gasteiger partial charge on any atom is 0.271 e. The number of hydrogen-bond acceptors (Lipinski definition) is 4. The van der Waals surface area contributed by atoms with Gasteiger partial charge in [-0.05, 0) is 60.7 Å². The predicted molar refractivity (Wildman–Crippen MR) is 116 cm³/mol. The highest BCUT2D eigenvalue weighted by Crippen LogP contribution is 2.39. The molecule has 0 unspecified atom stereocenters. The minimum absolute atomic E-state index is 0.0683. The summed E-state index contributed by atoms with van der Waals surface area (Å²) in [7, 11) is 0. The highest BCUT2D eigenvalue weighted by molar-refractivity contribution is 8.27. The fourth-order valence-corrected chi connectivity index (χ4v) is 4.26. The summed E-state index contributed by atoms with van der Waals surface area (Å²) < 4.78 is 0.564. The quantitative estimate of drug-likeness (QED) is 0.427. The van der Waals surface area contributed by atoms with Gasteiger partial charge >= 0.3 is 0 Å². The van der Waals surface area contributed by atoms with E-state index in [0.717, 1.165) is 23.2 Å². The third-order valence-corrected chi connectivity index (χ3v) is 5.92. The molecule has 3 nitrogen and oxygen atoms in total. The van der Waals surface area contributed by atoms with E-state index in [4.69, 9.17) is 18.0 Å². The normalized spacial score (nSPS) is 16.3. The second-order valence-corrected chi connectivity index (χ2v) is 8.00. The summed E-state index contributed by atoms with van der Waals surface area (Å²) in [6, 6.07) is 15.7. The molecule has 3 rings (SSSR count). The number of nitrogens with two attached hydrogens (primary N) is 1. The van der Waals surface area contributed by atoms with Gasteiger partial charge in [0.2, 0.25) is 0 Å². The molecule has 0 spiro atoms. The van der Waals surface area contributed by atoms with Gasteiger partial charge in [0.1, 0.15) is 0 Å². The number of thioether (sulfide) groups is 1. The third-order valence-electron chi connectivity index (χ3n) is 4.44.